The van der Waals surface area contributed by atoms with Gasteiger partial charge in [-0.3, -0.25) is 9.59 Å². The molecule has 1 N–H and O–H groups in total. The number of carbonyl (C=O) groups excluding carboxylic acids is 2. The Kier molecular flexibility index (Phi) is 5.49. The van der Waals surface area contributed by atoms with Crippen molar-refractivity contribution >= 4 is 23.5 Å². The number of hydrogen-bond donors (Lipinski definition) is 1. The number of benzene rings is 1. The summed E-state index contributed by atoms with van der Waals surface area (Å²) in [6.07, 6.45) is 0. The molecule has 0 saturated heterocycles. The van der Waals surface area contributed by atoms with Crippen molar-refractivity contribution in [2.75, 3.05) is 13.2 Å². The van der Waals surface area contributed by atoms with E-state index < -0.39 is 17.3 Å². The normalized spacial score (nSPS) is 11.6. The van der Waals surface area contributed by atoms with Crippen LogP contribution in [-0.2, 0) is 14.3 Å². The fraction of sp³-hybridized carbons (Fsp3) is 0.333. The van der Waals surface area contributed by atoms with E-state index in [9.17, 15) is 9.59 Å². The van der Waals surface area contributed by atoms with E-state index in [4.69, 9.17) is 11.6 Å². The molecule has 1 aromatic carbocycles. The number of ether oxygens (including phenoxy) is 1. The molecular formula is C12H14ClNO3. The number of esters is 1. The number of amides is 1. The average molecular weight is 256 g/mol. The Morgan fingerprint density at radius 2 is 2.00 bits per heavy atom. The molecule has 0 aliphatic carbocycles. The van der Waals surface area contributed by atoms with Gasteiger partial charge in [-0.15, -0.1) is 11.6 Å². The number of carbonyl (C=O) groups is 2. The summed E-state index contributed by atoms with van der Waals surface area (Å²) in [5.74, 6) is -0.885. The highest BCUT2D eigenvalue weighted by molar-refractivity contribution is 6.30. The van der Waals surface area contributed by atoms with Crippen LogP contribution in [-0.4, -0.2) is 25.0 Å². The van der Waals surface area contributed by atoms with Crippen molar-refractivity contribution in [2.45, 2.75) is 12.3 Å². The summed E-state index contributed by atoms with van der Waals surface area (Å²) in [4.78, 5) is 22.6. The molecule has 1 amide bonds. The lowest BCUT2D eigenvalue weighted by molar-refractivity contribution is -0.143. The fourth-order valence-corrected chi connectivity index (χ4v) is 1.46. The van der Waals surface area contributed by atoms with E-state index in [0.29, 0.717) is 5.56 Å². The van der Waals surface area contributed by atoms with E-state index >= 15 is 0 Å². The molecule has 0 heterocycles. The molecule has 0 radical (unpaired) electrons. The molecule has 4 nitrogen and oxygen atoms in total. The van der Waals surface area contributed by atoms with E-state index in [1.54, 1.807) is 31.2 Å². The molecule has 92 valence electrons. The second-order valence-electron chi connectivity index (χ2n) is 3.30. The molecule has 0 spiro atoms. The second-order valence-corrected chi connectivity index (χ2v) is 3.73. The first-order valence-electron chi connectivity index (χ1n) is 5.27. The first kappa shape index (κ1) is 13.5. The van der Waals surface area contributed by atoms with Crippen molar-refractivity contribution in [2.24, 2.45) is 0 Å². The summed E-state index contributed by atoms with van der Waals surface area (Å²) in [6, 6.07) is 8.93. The molecule has 0 fully saturated rings. The van der Waals surface area contributed by atoms with Gasteiger partial charge in [-0.25, -0.2) is 0 Å². The molecule has 1 atom stereocenters. The number of nitrogens with one attached hydrogen (secondary N) is 1. The fourth-order valence-electron chi connectivity index (χ4n) is 1.23. The lowest BCUT2D eigenvalue weighted by Gasteiger charge is -2.10. The molecule has 5 heteroatoms. The van der Waals surface area contributed by atoms with Crippen LogP contribution in [0.1, 0.15) is 17.9 Å². The monoisotopic (exact) mass is 255 g/mol. The van der Waals surface area contributed by atoms with Crippen LogP contribution in [0.5, 0.6) is 0 Å². The third kappa shape index (κ3) is 4.44. The van der Waals surface area contributed by atoms with Crippen LogP contribution >= 0.6 is 11.6 Å². The lowest BCUT2D eigenvalue weighted by atomic mass is 10.1. The molecular weight excluding hydrogens is 242 g/mol. The Morgan fingerprint density at radius 1 is 1.35 bits per heavy atom. The van der Waals surface area contributed by atoms with Gasteiger partial charge in [0.15, 0.2) is 0 Å². The van der Waals surface area contributed by atoms with Gasteiger partial charge >= 0.3 is 5.97 Å². The van der Waals surface area contributed by atoms with Crippen LogP contribution in [0.2, 0.25) is 0 Å². The largest absolute Gasteiger partial charge is 0.465 e. The van der Waals surface area contributed by atoms with Crippen molar-refractivity contribution in [1.29, 1.82) is 0 Å². The Bertz CT molecular complexity index is 381. The van der Waals surface area contributed by atoms with E-state index in [2.05, 4.69) is 10.1 Å². The minimum absolute atomic E-state index is 0.164. The van der Waals surface area contributed by atoms with E-state index in [1.165, 1.54) is 0 Å². The van der Waals surface area contributed by atoms with Crippen molar-refractivity contribution in [1.82, 2.24) is 5.32 Å². The van der Waals surface area contributed by atoms with Gasteiger partial charge in [-0.05, 0) is 12.5 Å². The van der Waals surface area contributed by atoms with Gasteiger partial charge in [0.1, 0.15) is 11.9 Å². The van der Waals surface area contributed by atoms with Gasteiger partial charge in [0.05, 0.1) is 6.61 Å². The SMILES string of the molecule is CCOC(=O)CNC(=O)C(Cl)c1ccccc1. The molecule has 0 aromatic heterocycles. The Balaban J connectivity index is 2.45. The van der Waals surface area contributed by atoms with Crippen molar-refractivity contribution in [3.63, 3.8) is 0 Å². The predicted octanol–water partition coefficient (Wildman–Crippen LogP) is 1.65. The minimum atomic E-state index is -0.800. The summed E-state index contributed by atoms with van der Waals surface area (Å²) in [5, 5.41) is 1.62. The number of hydrogen-bond acceptors (Lipinski definition) is 3. The maximum Gasteiger partial charge on any atom is 0.325 e. The predicted molar refractivity (Wildman–Crippen MR) is 64.7 cm³/mol. The third-order valence-electron chi connectivity index (χ3n) is 2.03. The maximum atomic E-state index is 11.6. The number of rotatable bonds is 5. The van der Waals surface area contributed by atoms with Gasteiger partial charge in [0, 0.05) is 0 Å². The number of halogens is 1. The van der Waals surface area contributed by atoms with Crippen LogP contribution in [0, 0.1) is 0 Å². The Labute approximate surface area is 105 Å². The molecule has 0 aliphatic rings. The summed E-state index contributed by atoms with van der Waals surface area (Å²) in [5.41, 5.74) is 0.690. The quantitative estimate of drug-likeness (QED) is 0.643. The van der Waals surface area contributed by atoms with Gasteiger partial charge < -0.3 is 10.1 Å². The second kappa shape index (κ2) is 6.91. The van der Waals surface area contributed by atoms with Crippen molar-refractivity contribution < 1.29 is 14.3 Å². The van der Waals surface area contributed by atoms with Crippen LogP contribution < -0.4 is 5.32 Å². The van der Waals surface area contributed by atoms with Crippen LogP contribution in [0.4, 0.5) is 0 Å². The van der Waals surface area contributed by atoms with Gasteiger partial charge in [0.2, 0.25) is 5.91 Å². The highest BCUT2D eigenvalue weighted by Crippen LogP contribution is 2.19. The molecule has 0 bridgehead atoms. The summed E-state index contributed by atoms with van der Waals surface area (Å²) < 4.78 is 4.68. The molecule has 17 heavy (non-hydrogen) atoms. The van der Waals surface area contributed by atoms with Gasteiger partial charge in [-0.2, -0.15) is 0 Å². The van der Waals surface area contributed by atoms with Crippen LogP contribution in [0.25, 0.3) is 0 Å². The lowest BCUT2D eigenvalue weighted by Crippen LogP contribution is -2.32. The topological polar surface area (TPSA) is 55.4 Å². The highest BCUT2D eigenvalue weighted by Gasteiger charge is 2.17. The molecule has 0 aliphatic heterocycles. The van der Waals surface area contributed by atoms with Crippen LogP contribution in [0.3, 0.4) is 0 Å². The van der Waals surface area contributed by atoms with E-state index in [-0.39, 0.29) is 13.2 Å². The van der Waals surface area contributed by atoms with Gasteiger partial charge in [-0.1, -0.05) is 30.3 Å². The molecule has 0 saturated carbocycles. The summed E-state index contributed by atoms with van der Waals surface area (Å²) in [7, 11) is 0. The Morgan fingerprint density at radius 3 is 2.59 bits per heavy atom. The zero-order chi connectivity index (χ0) is 12.7. The average Bonchev–Trinajstić information content (AvgIpc) is 2.36. The Hall–Kier alpha value is -1.55. The van der Waals surface area contributed by atoms with Crippen molar-refractivity contribution in [3.8, 4) is 0 Å². The van der Waals surface area contributed by atoms with Gasteiger partial charge in [0.25, 0.3) is 0 Å². The summed E-state index contributed by atoms with van der Waals surface area (Å²) in [6.45, 7) is 1.83. The molecule has 1 rings (SSSR count). The maximum absolute atomic E-state index is 11.6. The first-order chi connectivity index (χ1) is 8.15. The zero-order valence-electron chi connectivity index (χ0n) is 9.48. The first-order valence-corrected chi connectivity index (χ1v) is 5.71. The third-order valence-corrected chi connectivity index (χ3v) is 2.48. The van der Waals surface area contributed by atoms with Crippen LogP contribution in [0.15, 0.2) is 30.3 Å². The number of alkyl halides is 1. The summed E-state index contributed by atoms with van der Waals surface area (Å²) >= 11 is 5.95. The van der Waals surface area contributed by atoms with E-state index in [1.807, 2.05) is 6.07 Å². The smallest absolute Gasteiger partial charge is 0.325 e. The van der Waals surface area contributed by atoms with E-state index in [0.717, 1.165) is 0 Å². The molecule has 1 aromatic rings. The standard InChI is InChI=1S/C12H14ClNO3/c1-2-17-10(15)8-14-12(16)11(13)9-6-4-3-5-7-9/h3-7,11H,2,8H2,1H3,(H,14,16). The zero-order valence-corrected chi connectivity index (χ0v) is 10.2. The molecule has 1 unspecified atom stereocenters. The highest BCUT2D eigenvalue weighted by atomic mass is 35.5. The van der Waals surface area contributed by atoms with Crippen molar-refractivity contribution in [3.05, 3.63) is 35.9 Å². The minimum Gasteiger partial charge on any atom is -0.465 e.